The molecule has 8 heteroatoms. The van der Waals surface area contributed by atoms with Crippen LogP contribution in [0.5, 0.6) is 0 Å². The molecule has 0 aliphatic carbocycles. The summed E-state index contributed by atoms with van der Waals surface area (Å²) in [6.07, 6.45) is -0.676. The van der Waals surface area contributed by atoms with Crippen molar-refractivity contribution in [1.29, 1.82) is 0 Å². The molecule has 2 aromatic carbocycles. The minimum absolute atomic E-state index is 0.0730. The fraction of sp³-hybridized carbons (Fsp3) is 0.125. The molecule has 0 aliphatic heterocycles. The highest BCUT2D eigenvalue weighted by Crippen LogP contribution is 2.26. The molecule has 0 spiro atoms. The van der Waals surface area contributed by atoms with Gasteiger partial charge in [-0.1, -0.05) is 30.3 Å². The van der Waals surface area contributed by atoms with Crippen molar-refractivity contribution in [2.75, 3.05) is 5.32 Å². The third-order valence-electron chi connectivity index (χ3n) is 3.48. The van der Waals surface area contributed by atoms with Crippen LogP contribution in [-0.2, 0) is 18.4 Å². The first-order valence-electron chi connectivity index (χ1n) is 7.13. The number of benzene rings is 2. The van der Waals surface area contributed by atoms with Crippen LogP contribution in [0.1, 0.15) is 5.56 Å². The van der Waals surface area contributed by atoms with Crippen molar-refractivity contribution in [2.24, 2.45) is 7.05 Å². The number of aryl methyl sites for hydroxylation is 1. The summed E-state index contributed by atoms with van der Waals surface area (Å²) in [5.74, 6) is 0.217. The van der Waals surface area contributed by atoms with Crippen molar-refractivity contribution in [3.63, 3.8) is 0 Å². The lowest BCUT2D eigenvalue weighted by Gasteiger charge is -2.05. The number of nitro groups is 1. The summed E-state index contributed by atoms with van der Waals surface area (Å²) in [6.45, 7) is 0.123. The van der Waals surface area contributed by atoms with Crippen molar-refractivity contribution in [3.8, 4) is 0 Å². The second kappa shape index (κ2) is 6.37. The number of hydrogen-bond acceptors (Lipinski definition) is 5. The Morgan fingerprint density at radius 3 is 2.75 bits per heavy atom. The number of nitrogens with zero attached hydrogens (tertiary/aromatic N) is 3. The molecule has 0 aliphatic rings. The van der Waals surface area contributed by atoms with E-state index in [9.17, 15) is 14.9 Å². The molecule has 1 N–H and O–H groups in total. The average Bonchev–Trinajstić information content (AvgIpc) is 2.89. The molecular formula is C16H14N4O4. The van der Waals surface area contributed by atoms with Gasteiger partial charge in [0.15, 0.2) is 5.82 Å². The minimum atomic E-state index is -0.676. The number of aromatic nitrogens is 2. The lowest BCUT2D eigenvalue weighted by molar-refractivity contribution is -0.384. The molecule has 0 bridgehead atoms. The van der Waals surface area contributed by atoms with Gasteiger partial charge in [0.1, 0.15) is 6.61 Å². The molecule has 3 rings (SSSR count). The molecule has 8 nitrogen and oxygen atoms in total. The fourth-order valence-electron chi connectivity index (χ4n) is 2.32. The first-order valence-corrected chi connectivity index (χ1v) is 7.13. The van der Waals surface area contributed by atoms with Gasteiger partial charge in [-0.2, -0.15) is 5.10 Å². The Morgan fingerprint density at radius 1 is 1.29 bits per heavy atom. The zero-order valence-electron chi connectivity index (χ0n) is 12.8. The minimum Gasteiger partial charge on any atom is -0.444 e. The Bertz CT molecular complexity index is 905. The standard InChI is InChI=1S/C16H14N4O4/c1-19-14-8-7-12(20(22)23)9-13(14)15(18-19)17-16(21)24-10-11-5-3-2-4-6-11/h2-9H,10H2,1H3,(H,17,18,21). The van der Waals surface area contributed by atoms with Crippen molar-refractivity contribution < 1.29 is 14.5 Å². The maximum atomic E-state index is 11.9. The van der Waals surface area contributed by atoms with Crippen LogP contribution in [0.25, 0.3) is 10.9 Å². The van der Waals surface area contributed by atoms with E-state index in [0.717, 1.165) is 5.56 Å². The van der Waals surface area contributed by atoms with E-state index < -0.39 is 11.0 Å². The predicted molar refractivity (Wildman–Crippen MR) is 87.6 cm³/mol. The monoisotopic (exact) mass is 326 g/mol. The van der Waals surface area contributed by atoms with Crippen LogP contribution in [0.3, 0.4) is 0 Å². The molecule has 0 saturated heterocycles. The number of fused-ring (bicyclic) bond motifs is 1. The number of hydrogen-bond donors (Lipinski definition) is 1. The van der Waals surface area contributed by atoms with E-state index in [1.165, 1.54) is 16.8 Å². The van der Waals surface area contributed by atoms with E-state index in [1.54, 1.807) is 13.1 Å². The van der Waals surface area contributed by atoms with E-state index in [0.29, 0.717) is 10.9 Å². The van der Waals surface area contributed by atoms with Crippen molar-refractivity contribution in [3.05, 3.63) is 64.2 Å². The highest BCUT2D eigenvalue weighted by molar-refractivity contribution is 5.98. The zero-order chi connectivity index (χ0) is 17.1. The van der Waals surface area contributed by atoms with E-state index >= 15 is 0 Å². The SMILES string of the molecule is Cn1nc(NC(=O)OCc2ccccc2)c2cc([N+](=O)[O-])ccc21. The summed E-state index contributed by atoms with van der Waals surface area (Å²) in [7, 11) is 1.69. The number of anilines is 1. The molecule has 24 heavy (non-hydrogen) atoms. The number of rotatable bonds is 4. The molecule has 122 valence electrons. The molecule has 1 aromatic heterocycles. The third kappa shape index (κ3) is 3.17. The second-order valence-corrected chi connectivity index (χ2v) is 5.12. The van der Waals surface area contributed by atoms with Gasteiger partial charge in [0.25, 0.3) is 5.69 Å². The maximum absolute atomic E-state index is 11.9. The van der Waals surface area contributed by atoms with Crippen LogP contribution >= 0.6 is 0 Å². The van der Waals surface area contributed by atoms with Crippen LogP contribution in [-0.4, -0.2) is 20.8 Å². The summed E-state index contributed by atoms with van der Waals surface area (Å²) >= 11 is 0. The molecule has 0 unspecified atom stereocenters. The quantitative estimate of drug-likeness (QED) is 0.586. The van der Waals surface area contributed by atoms with Crippen LogP contribution in [0.4, 0.5) is 16.3 Å². The molecule has 1 amide bonds. The van der Waals surface area contributed by atoms with Gasteiger partial charge >= 0.3 is 6.09 Å². The number of amides is 1. The van der Waals surface area contributed by atoms with Crippen LogP contribution in [0.15, 0.2) is 48.5 Å². The van der Waals surface area contributed by atoms with Gasteiger partial charge in [-0.25, -0.2) is 4.79 Å². The second-order valence-electron chi connectivity index (χ2n) is 5.12. The van der Waals surface area contributed by atoms with Gasteiger partial charge in [-0.3, -0.25) is 20.1 Å². The zero-order valence-corrected chi connectivity index (χ0v) is 12.8. The lowest BCUT2D eigenvalue weighted by Crippen LogP contribution is -2.14. The molecule has 1 heterocycles. The van der Waals surface area contributed by atoms with Gasteiger partial charge < -0.3 is 4.74 Å². The Labute approximate surface area is 136 Å². The van der Waals surface area contributed by atoms with E-state index in [1.807, 2.05) is 30.3 Å². The topological polar surface area (TPSA) is 99.3 Å². The smallest absolute Gasteiger partial charge is 0.413 e. The maximum Gasteiger partial charge on any atom is 0.413 e. The Kier molecular flexibility index (Phi) is 4.11. The van der Waals surface area contributed by atoms with Crippen LogP contribution < -0.4 is 5.32 Å². The summed E-state index contributed by atoms with van der Waals surface area (Å²) in [6, 6.07) is 13.6. The Balaban J connectivity index is 1.77. The number of nitrogens with one attached hydrogen (secondary N) is 1. The molecule has 3 aromatic rings. The summed E-state index contributed by atoms with van der Waals surface area (Å²) in [5.41, 5.74) is 1.45. The largest absolute Gasteiger partial charge is 0.444 e. The first-order chi connectivity index (χ1) is 11.5. The third-order valence-corrected chi connectivity index (χ3v) is 3.48. The van der Waals surface area contributed by atoms with Crippen molar-refractivity contribution in [2.45, 2.75) is 6.61 Å². The normalized spacial score (nSPS) is 10.5. The average molecular weight is 326 g/mol. The summed E-state index contributed by atoms with van der Waals surface area (Å²) in [4.78, 5) is 22.4. The molecule has 0 radical (unpaired) electrons. The fourth-order valence-corrected chi connectivity index (χ4v) is 2.32. The van der Waals surface area contributed by atoms with Gasteiger partial charge in [0, 0.05) is 19.2 Å². The van der Waals surface area contributed by atoms with Crippen molar-refractivity contribution in [1.82, 2.24) is 9.78 Å². The van der Waals surface area contributed by atoms with Gasteiger partial charge in [-0.05, 0) is 11.6 Å². The summed E-state index contributed by atoms with van der Waals surface area (Å²) < 4.78 is 6.67. The Hall–Kier alpha value is -3.42. The molecule has 0 saturated carbocycles. The van der Waals surface area contributed by atoms with Gasteiger partial charge in [-0.15, -0.1) is 0 Å². The lowest BCUT2D eigenvalue weighted by atomic mass is 10.2. The van der Waals surface area contributed by atoms with Crippen LogP contribution in [0.2, 0.25) is 0 Å². The molecule has 0 atom stereocenters. The predicted octanol–water partition coefficient (Wildman–Crippen LogP) is 3.23. The first kappa shape index (κ1) is 15.5. The van der Waals surface area contributed by atoms with Gasteiger partial charge in [0.05, 0.1) is 15.8 Å². The Morgan fingerprint density at radius 2 is 2.04 bits per heavy atom. The number of carbonyl (C=O) groups is 1. The van der Waals surface area contributed by atoms with Crippen molar-refractivity contribution >= 4 is 28.5 Å². The highest BCUT2D eigenvalue weighted by atomic mass is 16.6. The van der Waals surface area contributed by atoms with E-state index in [4.69, 9.17) is 4.74 Å². The van der Waals surface area contributed by atoms with Gasteiger partial charge in [0.2, 0.25) is 0 Å². The number of ether oxygens (including phenoxy) is 1. The number of nitro benzene ring substituents is 1. The van der Waals surface area contributed by atoms with E-state index in [2.05, 4.69) is 10.4 Å². The highest BCUT2D eigenvalue weighted by Gasteiger charge is 2.16. The van der Waals surface area contributed by atoms with Crippen LogP contribution in [0, 0.1) is 10.1 Å². The number of carbonyl (C=O) groups excluding carboxylic acids is 1. The molecular weight excluding hydrogens is 312 g/mol. The van der Waals surface area contributed by atoms with E-state index in [-0.39, 0.29) is 18.1 Å². The number of non-ortho nitro benzene ring substituents is 1. The molecule has 0 fully saturated rings. The summed E-state index contributed by atoms with van der Waals surface area (Å²) in [5, 5.41) is 18.1.